The molecule has 1 N–H and O–H groups in total. The van der Waals surface area contributed by atoms with Crippen molar-refractivity contribution in [2.45, 2.75) is 20.3 Å². The van der Waals surface area contributed by atoms with E-state index < -0.39 is 0 Å². The van der Waals surface area contributed by atoms with Crippen LogP contribution < -0.4 is 5.32 Å². The number of rotatable bonds is 4. The van der Waals surface area contributed by atoms with E-state index >= 15 is 0 Å². The Balaban J connectivity index is 2.20. The van der Waals surface area contributed by atoms with Crippen molar-refractivity contribution in [1.29, 1.82) is 0 Å². The molecule has 0 spiro atoms. The number of benzene rings is 1. The summed E-state index contributed by atoms with van der Waals surface area (Å²) in [4.78, 5) is 9.43. The van der Waals surface area contributed by atoms with Gasteiger partial charge in [0.2, 0.25) is 0 Å². The maximum Gasteiger partial charge on any atom is 0.162 e. The van der Waals surface area contributed by atoms with E-state index in [4.69, 9.17) is 9.97 Å². The van der Waals surface area contributed by atoms with Crippen molar-refractivity contribution in [2.24, 2.45) is 0 Å². The van der Waals surface area contributed by atoms with Gasteiger partial charge in [0.1, 0.15) is 5.82 Å². The summed E-state index contributed by atoms with van der Waals surface area (Å²) in [6.45, 7) is 5.18. The smallest absolute Gasteiger partial charge is 0.162 e. The summed E-state index contributed by atoms with van der Waals surface area (Å²) in [5, 5.41) is 8.70. The van der Waals surface area contributed by atoms with Crippen LogP contribution in [-0.2, 0) is 0 Å². The first-order chi connectivity index (χ1) is 9.79. The van der Waals surface area contributed by atoms with E-state index in [9.17, 15) is 0 Å². The first-order valence-corrected chi connectivity index (χ1v) is 7.77. The molecule has 0 amide bonds. The van der Waals surface area contributed by atoms with Crippen molar-refractivity contribution in [3.05, 3.63) is 40.6 Å². The molecular weight excluding hydrogens is 266 g/mol. The van der Waals surface area contributed by atoms with Crippen LogP contribution in [-0.4, -0.2) is 16.5 Å². The molecule has 102 valence electrons. The number of nitrogens with one attached hydrogen (secondary N) is 1. The van der Waals surface area contributed by atoms with Gasteiger partial charge in [-0.15, -0.1) is 0 Å². The highest BCUT2D eigenvalue weighted by atomic mass is 32.1. The number of hydrogen-bond donors (Lipinski definition) is 1. The third kappa shape index (κ3) is 2.39. The van der Waals surface area contributed by atoms with Gasteiger partial charge in [-0.3, -0.25) is 0 Å². The average molecular weight is 283 g/mol. The van der Waals surface area contributed by atoms with Gasteiger partial charge in [0.15, 0.2) is 5.82 Å². The number of aromatic nitrogens is 2. The monoisotopic (exact) mass is 283 g/mol. The predicted molar refractivity (Wildman–Crippen MR) is 86.4 cm³/mol. The molecule has 3 rings (SSSR count). The van der Waals surface area contributed by atoms with Crippen molar-refractivity contribution in [1.82, 2.24) is 9.97 Å². The molecule has 0 aliphatic heterocycles. The molecule has 0 saturated carbocycles. The molecule has 0 atom stereocenters. The van der Waals surface area contributed by atoms with Crippen LogP contribution >= 0.6 is 11.3 Å². The fourth-order valence-corrected chi connectivity index (χ4v) is 2.88. The summed E-state index contributed by atoms with van der Waals surface area (Å²) in [6.07, 6.45) is 1.07. The summed E-state index contributed by atoms with van der Waals surface area (Å²) in [5.74, 6) is 1.74. The number of thiophene rings is 1. The zero-order valence-electron chi connectivity index (χ0n) is 11.7. The number of anilines is 1. The Kier molecular flexibility index (Phi) is 3.65. The Morgan fingerprint density at radius 2 is 2.10 bits per heavy atom. The average Bonchev–Trinajstić information content (AvgIpc) is 2.98. The normalized spacial score (nSPS) is 10.9. The van der Waals surface area contributed by atoms with E-state index in [0.29, 0.717) is 0 Å². The molecule has 0 saturated heterocycles. The van der Waals surface area contributed by atoms with Gasteiger partial charge in [-0.2, -0.15) is 11.3 Å². The lowest BCUT2D eigenvalue weighted by Gasteiger charge is -2.11. The van der Waals surface area contributed by atoms with Gasteiger partial charge in [0.05, 0.1) is 5.52 Å². The first kappa shape index (κ1) is 13.1. The van der Waals surface area contributed by atoms with Crippen LogP contribution in [0.4, 0.5) is 5.82 Å². The van der Waals surface area contributed by atoms with Crippen LogP contribution in [0.2, 0.25) is 0 Å². The van der Waals surface area contributed by atoms with Crippen LogP contribution in [0.25, 0.3) is 22.3 Å². The zero-order valence-corrected chi connectivity index (χ0v) is 12.5. The summed E-state index contributed by atoms with van der Waals surface area (Å²) in [5.41, 5.74) is 3.29. The van der Waals surface area contributed by atoms with Gasteiger partial charge >= 0.3 is 0 Å². The van der Waals surface area contributed by atoms with E-state index in [1.807, 2.05) is 6.07 Å². The summed E-state index contributed by atoms with van der Waals surface area (Å²) in [7, 11) is 0. The third-order valence-corrected chi connectivity index (χ3v) is 3.94. The van der Waals surface area contributed by atoms with Crippen LogP contribution in [0, 0.1) is 6.92 Å². The van der Waals surface area contributed by atoms with Crippen molar-refractivity contribution in [3.63, 3.8) is 0 Å². The minimum Gasteiger partial charge on any atom is -0.369 e. The fraction of sp³-hybridized carbons (Fsp3) is 0.250. The third-order valence-electron chi connectivity index (χ3n) is 3.25. The fourth-order valence-electron chi connectivity index (χ4n) is 2.25. The summed E-state index contributed by atoms with van der Waals surface area (Å²) >= 11 is 1.67. The lowest BCUT2D eigenvalue weighted by Crippen LogP contribution is -2.05. The molecule has 2 heterocycles. The standard InChI is InChI=1S/C16H17N3S/c1-3-8-17-16-14-11(2)5-4-6-13(14)18-15(19-16)12-7-9-20-10-12/h4-7,9-10H,3,8H2,1-2H3,(H,17,18,19). The highest BCUT2D eigenvalue weighted by Crippen LogP contribution is 2.28. The predicted octanol–water partition coefficient (Wildman–Crippen LogP) is 4.49. The van der Waals surface area contributed by atoms with Crippen LogP contribution in [0.3, 0.4) is 0 Å². The van der Waals surface area contributed by atoms with Crippen molar-refractivity contribution < 1.29 is 0 Å². The summed E-state index contributed by atoms with van der Waals surface area (Å²) < 4.78 is 0. The molecule has 3 aromatic rings. The molecule has 0 unspecified atom stereocenters. The number of aryl methyl sites for hydroxylation is 1. The summed E-state index contributed by atoms with van der Waals surface area (Å²) in [6, 6.07) is 8.26. The lowest BCUT2D eigenvalue weighted by atomic mass is 10.1. The number of fused-ring (bicyclic) bond motifs is 1. The first-order valence-electron chi connectivity index (χ1n) is 6.83. The molecular formula is C16H17N3S. The van der Waals surface area contributed by atoms with Crippen molar-refractivity contribution in [2.75, 3.05) is 11.9 Å². The van der Waals surface area contributed by atoms with E-state index in [-0.39, 0.29) is 0 Å². The zero-order chi connectivity index (χ0) is 13.9. The number of hydrogen-bond acceptors (Lipinski definition) is 4. The van der Waals surface area contributed by atoms with Gasteiger partial charge < -0.3 is 5.32 Å². The second-order valence-electron chi connectivity index (χ2n) is 4.80. The molecule has 0 fully saturated rings. The molecule has 20 heavy (non-hydrogen) atoms. The maximum absolute atomic E-state index is 4.73. The van der Waals surface area contributed by atoms with Gasteiger partial charge in [-0.1, -0.05) is 19.1 Å². The van der Waals surface area contributed by atoms with Gasteiger partial charge in [-0.25, -0.2) is 9.97 Å². The molecule has 0 radical (unpaired) electrons. The minimum absolute atomic E-state index is 0.794. The van der Waals surface area contributed by atoms with Gasteiger partial charge in [0, 0.05) is 22.9 Å². The molecule has 0 bridgehead atoms. The molecule has 3 nitrogen and oxygen atoms in total. The Morgan fingerprint density at radius 1 is 1.20 bits per heavy atom. The van der Waals surface area contributed by atoms with Crippen LogP contribution in [0.1, 0.15) is 18.9 Å². The van der Waals surface area contributed by atoms with Crippen LogP contribution in [0.15, 0.2) is 35.0 Å². The second kappa shape index (κ2) is 5.59. The Bertz CT molecular complexity index is 720. The highest BCUT2D eigenvalue weighted by Gasteiger charge is 2.11. The molecule has 2 aromatic heterocycles. The van der Waals surface area contributed by atoms with Crippen LogP contribution in [0.5, 0.6) is 0 Å². The highest BCUT2D eigenvalue weighted by molar-refractivity contribution is 7.08. The Labute approximate surface area is 122 Å². The van der Waals surface area contributed by atoms with E-state index in [1.54, 1.807) is 11.3 Å². The lowest BCUT2D eigenvalue weighted by molar-refractivity contribution is 0.970. The molecule has 1 aromatic carbocycles. The maximum atomic E-state index is 4.73. The van der Waals surface area contributed by atoms with Gasteiger partial charge in [0.25, 0.3) is 0 Å². The number of nitrogens with zero attached hydrogens (tertiary/aromatic N) is 2. The van der Waals surface area contributed by atoms with Crippen molar-refractivity contribution in [3.8, 4) is 11.4 Å². The topological polar surface area (TPSA) is 37.8 Å². The van der Waals surface area contributed by atoms with E-state index in [1.165, 1.54) is 5.56 Å². The molecule has 4 heteroatoms. The Morgan fingerprint density at radius 3 is 2.85 bits per heavy atom. The largest absolute Gasteiger partial charge is 0.369 e. The second-order valence-corrected chi connectivity index (χ2v) is 5.58. The van der Waals surface area contributed by atoms with E-state index in [0.717, 1.165) is 41.1 Å². The quantitative estimate of drug-likeness (QED) is 0.766. The van der Waals surface area contributed by atoms with Crippen molar-refractivity contribution >= 4 is 28.1 Å². The molecule has 0 aliphatic rings. The van der Waals surface area contributed by atoms with Gasteiger partial charge in [-0.05, 0) is 36.4 Å². The van der Waals surface area contributed by atoms with E-state index in [2.05, 4.69) is 48.1 Å². The molecule has 0 aliphatic carbocycles. The minimum atomic E-state index is 0.794. The Hall–Kier alpha value is -1.94. The SMILES string of the molecule is CCCNc1nc(-c2ccsc2)nc2cccc(C)c12.